The average Bonchev–Trinajstić information content (AvgIpc) is 3.12. The van der Waals surface area contributed by atoms with Crippen molar-refractivity contribution in [3.05, 3.63) is 90.6 Å². The third-order valence-electron chi connectivity index (χ3n) is 5.27. The van der Waals surface area contributed by atoms with Crippen LogP contribution in [0.2, 0.25) is 0 Å². The minimum Gasteiger partial charge on any atom is -0.497 e. The zero-order valence-electron chi connectivity index (χ0n) is 18.1. The fraction of sp³-hybridized carbons (Fsp3) is 0.208. The van der Waals surface area contributed by atoms with E-state index in [1.807, 2.05) is 42.5 Å². The number of fused-ring (bicyclic) bond motifs is 1. The second-order valence-corrected chi connectivity index (χ2v) is 8.13. The number of carbonyl (C=O) groups excluding carboxylic acids is 1. The highest BCUT2D eigenvalue weighted by molar-refractivity contribution is 7.07. The Labute approximate surface area is 188 Å². The predicted molar refractivity (Wildman–Crippen MR) is 122 cm³/mol. The van der Waals surface area contributed by atoms with E-state index in [9.17, 15) is 9.59 Å². The van der Waals surface area contributed by atoms with Gasteiger partial charge in [0.25, 0.3) is 5.56 Å². The van der Waals surface area contributed by atoms with Gasteiger partial charge in [0.1, 0.15) is 11.5 Å². The minimum atomic E-state index is -0.650. The van der Waals surface area contributed by atoms with Crippen molar-refractivity contribution in [2.75, 3.05) is 21.3 Å². The molecule has 164 valence electrons. The highest BCUT2D eigenvalue weighted by atomic mass is 32.1. The first-order chi connectivity index (χ1) is 15.5. The van der Waals surface area contributed by atoms with E-state index in [1.54, 1.807) is 37.8 Å². The molecule has 0 N–H and O–H groups in total. The Morgan fingerprint density at radius 2 is 1.59 bits per heavy atom. The van der Waals surface area contributed by atoms with Crippen LogP contribution in [0.4, 0.5) is 0 Å². The van der Waals surface area contributed by atoms with Gasteiger partial charge in [-0.25, -0.2) is 9.79 Å². The van der Waals surface area contributed by atoms with Gasteiger partial charge >= 0.3 is 5.97 Å². The Morgan fingerprint density at radius 3 is 2.16 bits per heavy atom. The Morgan fingerprint density at radius 1 is 1.00 bits per heavy atom. The zero-order valence-corrected chi connectivity index (χ0v) is 18.9. The average molecular weight is 451 g/mol. The van der Waals surface area contributed by atoms with E-state index in [0.717, 1.165) is 16.9 Å². The normalized spacial score (nSPS) is 15.8. The summed E-state index contributed by atoms with van der Waals surface area (Å²) in [5, 5.41) is 0. The van der Waals surface area contributed by atoms with Crippen molar-refractivity contribution in [1.82, 2.24) is 4.57 Å². The number of nitrogens with zero attached hydrogens (tertiary/aromatic N) is 2. The molecule has 1 aliphatic heterocycles. The molecule has 0 radical (unpaired) electrons. The second kappa shape index (κ2) is 8.84. The Hall–Kier alpha value is -3.65. The summed E-state index contributed by atoms with van der Waals surface area (Å²) in [5.74, 6) is 0.902. The first kappa shape index (κ1) is 21.6. The third kappa shape index (κ3) is 3.85. The van der Waals surface area contributed by atoms with E-state index in [1.165, 1.54) is 18.4 Å². The molecule has 3 aromatic rings. The molecule has 32 heavy (non-hydrogen) atoms. The van der Waals surface area contributed by atoms with Gasteiger partial charge in [-0.3, -0.25) is 9.36 Å². The smallest absolute Gasteiger partial charge is 0.338 e. The number of rotatable bonds is 5. The standard InChI is InChI=1S/C24H22N2O5S/c1-14-20(23(28)31-4)21(16-7-11-18(30-3)12-8-16)26-22(27)19(32-24(26)25-14)13-15-5-9-17(29-2)10-6-15/h5-13,21H,1-4H3/b19-13+. The first-order valence-electron chi connectivity index (χ1n) is 9.85. The summed E-state index contributed by atoms with van der Waals surface area (Å²) in [5.41, 5.74) is 2.26. The van der Waals surface area contributed by atoms with Crippen LogP contribution in [0, 0.1) is 0 Å². The molecule has 0 saturated heterocycles. The fourth-order valence-corrected chi connectivity index (χ4v) is 4.69. The summed E-state index contributed by atoms with van der Waals surface area (Å²) < 4.78 is 17.5. The number of hydrogen-bond acceptors (Lipinski definition) is 7. The van der Waals surface area contributed by atoms with Crippen LogP contribution in [0.3, 0.4) is 0 Å². The Kier molecular flexibility index (Phi) is 5.96. The molecule has 1 unspecified atom stereocenters. The van der Waals surface area contributed by atoms with Gasteiger partial charge in [-0.15, -0.1) is 0 Å². The molecule has 1 aromatic heterocycles. The van der Waals surface area contributed by atoms with Crippen LogP contribution >= 0.6 is 11.3 Å². The van der Waals surface area contributed by atoms with Crippen LogP contribution in [-0.2, 0) is 9.53 Å². The number of esters is 1. The SMILES string of the molecule is COC(=O)C1=C(C)N=c2s/c(=C/c3ccc(OC)cc3)c(=O)n2C1c1ccc(OC)cc1. The second-order valence-electron chi connectivity index (χ2n) is 7.12. The molecule has 1 aliphatic rings. The predicted octanol–water partition coefficient (Wildman–Crippen LogP) is 2.43. The van der Waals surface area contributed by atoms with Crippen LogP contribution in [0.25, 0.3) is 6.08 Å². The topological polar surface area (TPSA) is 79.1 Å². The van der Waals surface area contributed by atoms with Crippen molar-refractivity contribution >= 4 is 23.4 Å². The lowest BCUT2D eigenvalue weighted by molar-refractivity contribution is -0.136. The van der Waals surface area contributed by atoms with Gasteiger partial charge in [0.05, 0.1) is 43.2 Å². The number of ether oxygens (including phenoxy) is 3. The highest BCUT2D eigenvalue weighted by Gasteiger charge is 2.33. The van der Waals surface area contributed by atoms with Crippen LogP contribution in [0.5, 0.6) is 11.5 Å². The van der Waals surface area contributed by atoms with Gasteiger partial charge in [0, 0.05) is 0 Å². The largest absolute Gasteiger partial charge is 0.497 e. The number of methoxy groups -OCH3 is 3. The molecule has 0 amide bonds. The summed E-state index contributed by atoms with van der Waals surface area (Å²) >= 11 is 1.28. The Balaban J connectivity index is 1.92. The fourth-order valence-electron chi connectivity index (χ4n) is 3.65. The molecule has 1 atom stereocenters. The molecular weight excluding hydrogens is 428 g/mol. The van der Waals surface area contributed by atoms with Gasteiger partial charge in [0.2, 0.25) is 0 Å². The van der Waals surface area contributed by atoms with Gasteiger partial charge in [-0.2, -0.15) is 0 Å². The monoisotopic (exact) mass is 450 g/mol. The summed E-state index contributed by atoms with van der Waals surface area (Å²) in [6.45, 7) is 1.75. The van der Waals surface area contributed by atoms with Crippen molar-refractivity contribution in [2.45, 2.75) is 13.0 Å². The van der Waals surface area contributed by atoms with Gasteiger partial charge < -0.3 is 14.2 Å². The molecule has 7 nitrogen and oxygen atoms in total. The highest BCUT2D eigenvalue weighted by Crippen LogP contribution is 2.31. The maximum Gasteiger partial charge on any atom is 0.338 e. The van der Waals surface area contributed by atoms with E-state index >= 15 is 0 Å². The van der Waals surface area contributed by atoms with E-state index < -0.39 is 12.0 Å². The lowest BCUT2D eigenvalue weighted by atomic mass is 9.96. The lowest BCUT2D eigenvalue weighted by Gasteiger charge is -2.24. The maximum atomic E-state index is 13.5. The van der Waals surface area contributed by atoms with Crippen LogP contribution in [0.15, 0.2) is 69.6 Å². The van der Waals surface area contributed by atoms with E-state index in [2.05, 4.69) is 4.99 Å². The van der Waals surface area contributed by atoms with Crippen LogP contribution < -0.4 is 24.4 Å². The van der Waals surface area contributed by atoms with Crippen molar-refractivity contribution in [3.8, 4) is 11.5 Å². The third-order valence-corrected chi connectivity index (χ3v) is 6.26. The molecule has 0 saturated carbocycles. The van der Waals surface area contributed by atoms with Gasteiger partial charge in [0.15, 0.2) is 4.80 Å². The summed E-state index contributed by atoms with van der Waals surface area (Å²) in [6, 6.07) is 14.1. The molecule has 4 rings (SSSR count). The lowest BCUT2D eigenvalue weighted by Crippen LogP contribution is -2.39. The quantitative estimate of drug-likeness (QED) is 0.558. The zero-order chi connectivity index (χ0) is 22.8. The number of thiazole rings is 1. The summed E-state index contributed by atoms with van der Waals surface area (Å²) in [6.07, 6.45) is 1.81. The van der Waals surface area contributed by atoms with Gasteiger partial charge in [-0.05, 0) is 48.4 Å². The molecule has 0 fully saturated rings. The van der Waals surface area contributed by atoms with Crippen molar-refractivity contribution < 1.29 is 19.0 Å². The maximum absolute atomic E-state index is 13.5. The molecule has 2 heterocycles. The van der Waals surface area contributed by atoms with Crippen molar-refractivity contribution in [3.63, 3.8) is 0 Å². The molecule has 2 aromatic carbocycles. The number of hydrogen-bond donors (Lipinski definition) is 0. The molecule has 0 spiro atoms. The number of allylic oxidation sites excluding steroid dienone is 1. The number of benzene rings is 2. The molecule has 0 bridgehead atoms. The van der Waals surface area contributed by atoms with Gasteiger partial charge in [-0.1, -0.05) is 35.6 Å². The van der Waals surface area contributed by atoms with E-state index in [-0.39, 0.29) is 5.56 Å². The summed E-state index contributed by atoms with van der Waals surface area (Å²) in [7, 11) is 4.51. The first-order valence-corrected chi connectivity index (χ1v) is 10.7. The molecule has 8 heteroatoms. The number of aromatic nitrogens is 1. The minimum absolute atomic E-state index is 0.223. The Bertz CT molecular complexity index is 1370. The number of carbonyl (C=O) groups is 1. The molecule has 0 aliphatic carbocycles. The molecular formula is C24H22N2O5S. The summed E-state index contributed by atoms with van der Waals surface area (Å²) in [4.78, 5) is 31.2. The van der Waals surface area contributed by atoms with Crippen LogP contribution in [0.1, 0.15) is 24.1 Å². The van der Waals surface area contributed by atoms with Crippen LogP contribution in [-0.4, -0.2) is 31.9 Å². The van der Waals surface area contributed by atoms with E-state index in [0.29, 0.717) is 26.4 Å². The van der Waals surface area contributed by atoms with E-state index in [4.69, 9.17) is 14.2 Å². The van der Waals surface area contributed by atoms with Crippen molar-refractivity contribution in [1.29, 1.82) is 0 Å². The van der Waals surface area contributed by atoms with Crippen molar-refractivity contribution in [2.24, 2.45) is 4.99 Å².